The first-order valence-electron chi connectivity index (χ1n) is 9.07. The molecular weight excluding hydrogens is 462 g/mol. The number of thioether (sulfide) groups is 1. The Morgan fingerprint density at radius 3 is 2.47 bits per heavy atom. The minimum Gasteiger partial charge on any atom is -0.308 e. The molecule has 0 saturated carbocycles. The number of hydrogen-bond acceptors (Lipinski definition) is 7. The van der Waals surface area contributed by atoms with E-state index in [4.69, 9.17) is 11.6 Å². The molecule has 0 radical (unpaired) electrons. The first-order chi connectivity index (χ1) is 14.1. The summed E-state index contributed by atoms with van der Waals surface area (Å²) >= 11 is 8.68. The van der Waals surface area contributed by atoms with Crippen molar-refractivity contribution in [1.82, 2.24) is 9.88 Å². The molecule has 0 aliphatic carbocycles. The summed E-state index contributed by atoms with van der Waals surface area (Å²) in [5.74, 6) is 0.207. The maximum atomic E-state index is 13.0. The van der Waals surface area contributed by atoms with Crippen molar-refractivity contribution < 1.29 is 13.2 Å². The number of thiazole rings is 1. The number of hydrogen-bond donors (Lipinski definition) is 0. The van der Waals surface area contributed by atoms with Crippen molar-refractivity contribution in [2.75, 3.05) is 44.1 Å². The van der Waals surface area contributed by atoms with E-state index in [1.807, 2.05) is 31.1 Å². The van der Waals surface area contributed by atoms with Gasteiger partial charge in [0.05, 0.1) is 20.9 Å². The molecule has 3 rings (SSSR count). The summed E-state index contributed by atoms with van der Waals surface area (Å²) in [5, 5.41) is 1.22. The van der Waals surface area contributed by atoms with Crippen LogP contribution in [0, 0.1) is 0 Å². The predicted molar refractivity (Wildman–Crippen MR) is 126 cm³/mol. The van der Waals surface area contributed by atoms with E-state index in [1.165, 1.54) is 29.4 Å². The predicted octanol–water partition coefficient (Wildman–Crippen LogP) is 4.04. The van der Waals surface area contributed by atoms with Gasteiger partial charge in [-0.1, -0.05) is 22.9 Å². The lowest BCUT2D eigenvalue weighted by atomic mass is 10.3. The van der Waals surface area contributed by atoms with Crippen LogP contribution < -0.4 is 4.90 Å². The number of halogens is 1. The lowest BCUT2D eigenvalue weighted by molar-refractivity contribution is -0.116. The highest BCUT2D eigenvalue weighted by molar-refractivity contribution is 8.00. The maximum absolute atomic E-state index is 13.0. The second-order valence-corrected chi connectivity index (χ2v) is 11.5. The van der Waals surface area contributed by atoms with E-state index >= 15 is 0 Å². The molecular formula is C20H22ClN3O3S3. The molecule has 0 bridgehead atoms. The molecule has 3 aromatic rings. The molecule has 0 aliphatic rings. The van der Waals surface area contributed by atoms with Crippen LogP contribution in [0.2, 0.25) is 5.02 Å². The smallest absolute Gasteiger partial charge is 0.239 e. The zero-order valence-corrected chi connectivity index (χ0v) is 20.0. The molecule has 0 fully saturated rings. The van der Waals surface area contributed by atoms with Gasteiger partial charge in [0, 0.05) is 29.3 Å². The third-order valence-corrected chi connectivity index (χ3v) is 7.66. The van der Waals surface area contributed by atoms with Crippen molar-refractivity contribution in [3.05, 3.63) is 47.5 Å². The molecule has 2 aromatic carbocycles. The average Bonchev–Trinajstić information content (AvgIpc) is 3.09. The number of likely N-dealkylation sites (N-methyl/N-ethyl adjacent to an activating group) is 1. The third kappa shape index (κ3) is 5.95. The van der Waals surface area contributed by atoms with Crippen molar-refractivity contribution in [2.45, 2.75) is 9.79 Å². The van der Waals surface area contributed by atoms with Gasteiger partial charge in [-0.3, -0.25) is 9.69 Å². The number of carbonyl (C=O) groups is 1. The standard InChI is InChI=1S/C20H22ClN3O3S3/c1-23(2)10-11-24(19(25)13-28-15-6-4-14(21)5-7-15)20-22-17-9-8-16(30(3,26)27)12-18(17)29-20/h4-9,12H,10-11,13H2,1-3H3. The van der Waals surface area contributed by atoms with E-state index in [-0.39, 0.29) is 16.6 Å². The Balaban J connectivity index is 1.84. The Kier molecular flexibility index (Phi) is 7.41. The summed E-state index contributed by atoms with van der Waals surface area (Å²) in [6.07, 6.45) is 1.18. The first kappa shape index (κ1) is 23.0. The maximum Gasteiger partial charge on any atom is 0.239 e. The Morgan fingerprint density at radius 1 is 1.13 bits per heavy atom. The van der Waals surface area contributed by atoms with Crippen molar-refractivity contribution in [2.24, 2.45) is 0 Å². The van der Waals surface area contributed by atoms with Crippen LogP contribution >= 0.6 is 34.7 Å². The van der Waals surface area contributed by atoms with E-state index in [0.717, 1.165) is 9.60 Å². The Bertz CT molecular complexity index is 1150. The molecule has 1 heterocycles. The average molecular weight is 484 g/mol. The zero-order chi connectivity index (χ0) is 21.9. The normalized spacial score (nSPS) is 11.9. The summed E-state index contributed by atoms with van der Waals surface area (Å²) in [6.45, 7) is 1.17. The van der Waals surface area contributed by atoms with E-state index in [9.17, 15) is 13.2 Å². The van der Waals surface area contributed by atoms with Crippen LogP contribution in [0.5, 0.6) is 0 Å². The molecule has 10 heteroatoms. The van der Waals surface area contributed by atoms with Gasteiger partial charge in [0.1, 0.15) is 0 Å². The number of carbonyl (C=O) groups excluding carboxylic acids is 1. The fourth-order valence-electron chi connectivity index (χ4n) is 2.62. The highest BCUT2D eigenvalue weighted by Gasteiger charge is 2.21. The fraction of sp³-hybridized carbons (Fsp3) is 0.300. The number of nitrogens with zero attached hydrogens (tertiary/aromatic N) is 3. The second-order valence-electron chi connectivity index (χ2n) is 6.99. The number of benzene rings is 2. The molecule has 0 unspecified atom stereocenters. The van der Waals surface area contributed by atoms with Crippen LogP contribution in [0.1, 0.15) is 0 Å². The summed E-state index contributed by atoms with van der Waals surface area (Å²) in [4.78, 5) is 22.5. The fourth-order valence-corrected chi connectivity index (χ4v) is 5.29. The molecule has 160 valence electrons. The molecule has 30 heavy (non-hydrogen) atoms. The van der Waals surface area contributed by atoms with Gasteiger partial charge < -0.3 is 4.90 Å². The monoisotopic (exact) mass is 483 g/mol. The number of anilines is 1. The van der Waals surface area contributed by atoms with Crippen molar-refractivity contribution >= 4 is 65.8 Å². The highest BCUT2D eigenvalue weighted by Crippen LogP contribution is 2.31. The number of amides is 1. The van der Waals surface area contributed by atoms with Crippen LogP contribution in [0.15, 0.2) is 52.3 Å². The van der Waals surface area contributed by atoms with Gasteiger partial charge in [-0.05, 0) is 56.6 Å². The van der Waals surface area contributed by atoms with Crippen molar-refractivity contribution in [1.29, 1.82) is 0 Å². The number of rotatable bonds is 8. The summed E-state index contributed by atoms with van der Waals surface area (Å²) in [6, 6.07) is 12.2. The van der Waals surface area contributed by atoms with E-state index in [2.05, 4.69) is 4.98 Å². The van der Waals surface area contributed by atoms with Crippen LogP contribution in [0.4, 0.5) is 5.13 Å². The lowest BCUT2D eigenvalue weighted by Crippen LogP contribution is -2.37. The first-order valence-corrected chi connectivity index (χ1v) is 13.1. The third-order valence-electron chi connectivity index (χ3n) is 4.26. The number of fused-ring (bicyclic) bond motifs is 1. The lowest BCUT2D eigenvalue weighted by Gasteiger charge is -2.21. The Hall–Kier alpha value is -1.65. The van der Waals surface area contributed by atoms with Crippen LogP contribution in [-0.2, 0) is 14.6 Å². The quantitative estimate of drug-likeness (QED) is 0.450. The molecule has 1 amide bonds. The van der Waals surface area contributed by atoms with Gasteiger partial charge in [-0.15, -0.1) is 11.8 Å². The summed E-state index contributed by atoms with van der Waals surface area (Å²) in [7, 11) is 0.586. The van der Waals surface area contributed by atoms with E-state index in [1.54, 1.807) is 35.2 Å². The molecule has 0 N–H and O–H groups in total. The van der Waals surface area contributed by atoms with Gasteiger partial charge in [-0.25, -0.2) is 13.4 Å². The van der Waals surface area contributed by atoms with Gasteiger partial charge in [-0.2, -0.15) is 0 Å². The zero-order valence-electron chi connectivity index (χ0n) is 16.8. The van der Waals surface area contributed by atoms with Crippen LogP contribution in [-0.4, -0.2) is 63.4 Å². The number of sulfone groups is 1. The van der Waals surface area contributed by atoms with Crippen molar-refractivity contribution in [3.8, 4) is 0 Å². The molecule has 0 aliphatic heterocycles. The molecule has 1 aromatic heterocycles. The Morgan fingerprint density at radius 2 is 1.83 bits per heavy atom. The summed E-state index contributed by atoms with van der Waals surface area (Å²) < 4.78 is 24.4. The van der Waals surface area contributed by atoms with Crippen LogP contribution in [0.25, 0.3) is 10.2 Å². The molecule has 6 nitrogen and oxygen atoms in total. The molecule has 0 atom stereocenters. The van der Waals surface area contributed by atoms with Crippen molar-refractivity contribution in [3.63, 3.8) is 0 Å². The topological polar surface area (TPSA) is 70.6 Å². The van der Waals surface area contributed by atoms with Gasteiger partial charge >= 0.3 is 0 Å². The second kappa shape index (κ2) is 9.65. The highest BCUT2D eigenvalue weighted by atomic mass is 35.5. The molecule has 0 saturated heterocycles. The largest absolute Gasteiger partial charge is 0.308 e. The van der Waals surface area contributed by atoms with Gasteiger partial charge in [0.15, 0.2) is 15.0 Å². The van der Waals surface area contributed by atoms with Gasteiger partial charge in [0.25, 0.3) is 0 Å². The minimum atomic E-state index is -3.31. The summed E-state index contributed by atoms with van der Waals surface area (Å²) in [5.41, 5.74) is 0.676. The number of aromatic nitrogens is 1. The van der Waals surface area contributed by atoms with E-state index in [0.29, 0.717) is 28.8 Å². The Labute approximate surface area is 189 Å². The SMILES string of the molecule is CN(C)CCN(C(=O)CSc1ccc(Cl)cc1)c1nc2ccc(S(C)(=O)=O)cc2s1. The van der Waals surface area contributed by atoms with Gasteiger partial charge in [0.2, 0.25) is 5.91 Å². The minimum absolute atomic E-state index is 0.0563. The van der Waals surface area contributed by atoms with Crippen LogP contribution in [0.3, 0.4) is 0 Å². The molecule has 0 spiro atoms. The van der Waals surface area contributed by atoms with E-state index < -0.39 is 9.84 Å².